The van der Waals surface area contributed by atoms with E-state index in [9.17, 15) is 0 Å². The van der Waals surface area contributed by atoms with Crippen molar-refractivity contribution in [1.82, 2.24) is 4.90 Å². The van der Waals surface area contributed by atoms with E-state index < -0.39 is 0 Å². The Balaban J connectivity index is 2.20. The molecule has 3 atom stereocenters. The highest BCUT2D eigenvalue weighted by Crippen LogP contribution is 2.39. The third-order valence-electron chi connectivity index (χ3n) is 4.09. The van der Waals surface area contributed by atoms with E-state index in [4.69, 9.17) is 18.0 Å². The number of likely N-dealkylation sites (tertiary alicyclic amines) is 1. The number of fused-ring (bicyclic) bond motifs is 1. The Morgan fingerprint density at radius 2 is 2.29 bits per heavy atom. The van der Waals surface area contributed by atoms with E-state index in [2.05, 4.69) is 19.8 Å². The van der Waals surface area contributed by atoms with Crippen LogP contribution >= 0.6 is 12.2 Å². The summed E-state index contributed by atoms with van der Waals surface area (Å²) in [6.45, 7) is 0. The van der Waals surface area contributed by atoms with Crippen LogP contribution in [0, 0.1) is 5.92 Å². The number of nitrogens with zero attached hydrogens (tertiary/aromatic N) is 1. The lowest BCUT2D eigenvalue weighted by Crippen LogP contribution is -2.61. The van der Waals surface area contributed by atoms with E-state index in [0.29, 0.717) is 12.0 Å². The largest absolute Gasteiger partial charge is 0.366 e. The van der Waals surface area contributed by atoms with Crippen LogP contribution in [0.3, 0.4) is 0 Å². The molecule has 3 unspecified atom stereocenters. The lowest BCUT2D eigenvalue weighted by Gasteiger charge is -2.51. The van der Waals surface area contributed by atoms with Gasteiger partial charge in [-0.15, -0.1) is 0 Å². The van der Waals surface area contributed by atoms with E-state index in [1.165, 1.54) is 25.7 Å². The first-order chi connectivity index (χ1) is 6.52. The third kappa shape index (κ3) is 1.59. The first-order valence-corrected chi connectivity index (χ1v) is 5.98. The number of hydrogen-bond donors (Lipinski definition) is 1. The highest BCUT2D eigenvalue weighted by Gasteiger charge is 2.43. The highest BCUT2D eigenvalue weighted by atomic mass is 32.1. The van der Waals surface area contributed by atoms with Crippen LogP contribution in [0.5, 0.6) is 0 Å². The van der Waals surface area contributed by atoms with E-state index >= 15 is 0 Å². The summed E-state index contributed by atoms with van der Waals surface area (Å²) in [6, 6.07) is 0.611. The van der Waals surface area contributed by atoms with Crippen molar-refractivity contribution >= 4 is 25.1 Å². The molecule has 1 heterocycles. The molecule has 1 aliphatic heterocycles. The molecular formula is C10H19BN2S. The Hall–Kier alpha value is -0.0851. The molecule has 2 aliphatic rings. The average Bonchev–Trinajstić information content (AvgIpc) is 2.11. The number of thiocarbonyl (C=S) groups is 1. The predicted molar refractivity (Wildman–Crippen MR) is 66.2 cm³/mol. The fourth-order valence-corrected chi connectivity index (χ4v) is 3.40. The zero-order valence-corrected chi connectivity index (χ0v) is 9.94. The molecule has 14 heavy (non-hydrogen) atoms. The molecule has 2 N–H and O–H groups in total. The summed E-state index contributed by atoms with van der Waals surface area (Å²) in [6.07, 6.45) is 5.95. The van der Waals surface area contributed by atoms with Crippen LogP contribution in [0.2, 0.25) is 0 Å². The van der Waals surface area contributed by atoms with Gasteiger partial charge in [-0.3, -0.25) is 0 Å². The zero-order chi connectivity index (χ0) is 10.3. The summed E-state index contributed by atoms with van der Waals surface area (Å²) >= 11 is 5.36. The number of piperidine rings is 1. The molecule has 0 aromatic carbocycles. The first-order valence-electron chi connectivity index (χ1n) is 5.57. The van der Waals surface area contributed by atoms with Crippen LogP contribution in [-0.2, 0) is 0 Å². The minimum Gasteiger partial charge on any atom is -0.366 e. The Morgan fingerprint density at radius 1 is 1.57 bits per heavy atom. The second kappa shape index (κ2) is 3.49. The van der Waals surface area contributed by atoms with Crippen LogP contribution in [0.15, 0.2) is 0 Å². The molecule has 1 saturated carbocycles. The summed E-state index contributed by atoms with van der Waals surface area (Å²) in [5.41, 5.74) is 6.41. The third-order valence-corrected chi connectivity index (χ3v) is 4.58. The highest BCUT2D eigenvalue weighted by molar-refractivity contribution is 7.80. The van der Waals surface area contributed by atoms with Gasteiger partial charge in [0.05, 0.1) is 4.99 Å². The Morgan fingerprint density at radius 3 is 3.00 bits per heavy atom. The predicted octanol–water partition coefficient (Wildman–Crippen LogP) is 0.496. The van der Waals surface area contributed by atoms with Crippen LogP contribution in [0.1, 0.15) is 32.1 Å². The summed E-state index contributed by atoms with van der Waals surface area (Å²) in [5.74, 6) is 0.646. The van der Waals surface area contributed by atoms with Gasteiger partial charge in [-0.2, -0.15) is 0 Å². The zero-order valence-electron chi connectivity index (χ0n) is 9.12. The minimum atomic E-state index is 0.0349. The van der Waals surface area contributed by atoms with Gasteiger partial charge in [0.15, 0.2) is 0 Å². The van der Waals surface area contributed by atoms with Crippen molar-refractivity contribution in [3.05, 3.63) is 0 Å². The lowest BCUT2D eigenvalue weighted by atomic mass is 9.57. The van der Waals surface area contributed by atoms with Crippen LogP contribution in [-0.4, -0.2) is 36.3 Å². The van der Waals surface area contributed by atoms with Crippen molar-refractivity contribution in [2.75, 3.05) is 7.05 Å². The first kappa shape index (κ1) is 10.4. The molecule has 0 aromatic heterocycles. The molecule has 78 valence electrons. The maximum absolute atomic E-state index is 6.37. The molecule has 1 aliphatic carbocycles. The molecule has 0 aromatic rings. The molecule has 4 heteroatoms. The van der Waals surface area contributed by atoms with Crippen molar-refractivity contribution in [3.8, 4) is 0 Å². The molecular weight excluding hydrogens is 191 g/mol. The van der Waals surface area contributed by atoms with Gasteiger partial charge in [0.25, 0.3) is 0 Å². The molecule has 1 saturated heterocycles. The number of rotatable bonds is 0. The standard InChI is InChI=1S/C10H19BN2S/c1-13-8-3-2-6-10(11,12)7(8)4-5-9(13)14/h7-8H,2-6,11-12H2,1H3. The average molecular weight is 210 g/mol. The van der Waals surface area contributed by atoms with Crippen molar-refractivity contribution < 1.29 is 0 Å². The van der Waals surface area contributed by atoms with Gasteiger partial charge >= 0.3 is 0 Å². The molecule has 0 spiro atoms. The number of nitrogens with two attached hydrogens (primary N) is 1. The van der Waals surface area contributed by atoms with Gasteiger partial charge in [0.2, 0.25) is 0 Å². The maximum atomic E-state index is 6.37. The van der Waals surface area contributed by atoms with Crippen LogP contribution < -0.4 is 5.73 Å². The topological polar surface area (TPSA) is 29.3 Å². The molecule has 0 amide bonds. The molecule has 0 radical (unpaired) electrons. The second-order valence-electron chi connectivity index (χ2n) is 5.12. The van der Waals surface area contributed by atoms with E-state index in [1.54, 1.807) is 0 Å². The molecule has 2 nitrogen and oxygen atoms in total. The number of hydrogen-bond acceptors (Lipinski definition) is 2. The van der Waals surface area contributed by atoms with Crippen LogP contribution in [0.25, 0.3) is 0 Å². The smallest absolute Gasteiger partial charge is 0.127 e. The minimum absolute atomic E-state index is 0.0349. The van der Waals surface area contributed by atoms with Gasteiger partial charge in [-0.25, -0.2) is 0 Å². The normalized spacial score (nSPS) is 43.6. The molecule has 2 fully saturated rings. The monoisotopic (exact) mass is 210 g/mol. The van der Waals surface area contributed by atoms with Gasteiger partial charge in [-0.05, 0) is 37.0 Å². The van der Waals surface area contributed by atoms with E-state index in [0.717, 1.165) is 11.4 Å². The van der Waals surface area contributed by atoms with Crippen molar-refractivity contribution in [2.45, 2.75) is 43.6 Å². The van der Waals surface area contributed by atoms with Gasteiger partial charge < -0.3 is 10.6 Å². The fraction of sp³-hybridized carbons (Fsp3) is 0.900. The maximum Gasteiger partial charge on any atom is 0.127 e. The molecule has 2 rings (SSSR count). The fourth-order valence-electron chi connectivity index (χ4n) is 3.14. The second-order valence-corrected chi connectivity index (χ2v) is 5.59. The van der Waals surface area contributed by atoms with Crippen molar-refractivity contribution in [1.29, 1.82) is 0 Å². The summed E-state index contributed by atoms with van der Waals surface area (Å²) in [4.78, 5) is 3.43. The van der Waals surface area contributed by atoms with Gasteiger partial charge in [-0.1, -0.05) is 18.6 Å². The Bertz CT molecular complexity index is 255. The quantitative estimate of drug-likeness (QED) is 0.466. The van der Waals surface area contributed by atoms with Gasteiger partial charge in [0, 0.05) is 13.1 Å². The van der Waals surface area contributed by atoms with Crippen molar-refractivity contribution in [2.24, 2.45) is 11.7 Å². The van der Waals surface area contributed by atoms with Gasteiger partial charge in [0.1, 0.15) is 7.85 Å². The van der Waals surface area contributed by atoms with E-state index in [1.807, 2.05) is 0 Å². The summed E-state index contributed by atoms with van der Waals surface area (Å²) in [5, 5.41) is 0. The van der Waals surface area contributed by atoms with Crippen molar-refractivity contribution in [3.63, 3.8) is 0 Å². The summed E-state index contributed by atoms with van der Waals surface area (Å²) < 4.78 is 0. The molecule has 0 bridgehead atoms. The Labute approximate surface area is 92.6 Å². The SMILES string of the molecule is BC1(N)CCCC2C1CCC(=S)N2C. The Kier molecular flexibility index (Phi) is 2.60. The van der Waals surface area contributed by atoms with Crippen LogP contribution in [0.4, 0.5) is 0 Å². The summed E-state index contributed by atoms with van der Waals surface area (Å²) in [7, 11) is 4.35. The van der Waals surface area contributed by atoms with E-state index in [-0.39, 0.29) is 5.44 Å². The lowest BCUT2D eigenvalue weighted by molar-refractivity contribution is 0.123.